The first-order valence-electron chi connectivity index (χ1n) is 6.52. The molecule has 21 heavy (non-hydrogen) atoms. The molecule has 0 unspecified atom stereocenters. The molecule has 3 N–H and O–H groups in total. The van der Waals surface area contributed by atoms with Crippen LogP contribution in [0, 0.1) is 0 Å². The van der Waals surface area contributed by atoms with Gasteiger partial charge in [-0.2, -0.15) is 4.98 Å². The number of piperazine rings is 1. The Kier molecular flexibility index (Phi) is 4.88. The van der Waals surface area contributed by atoms with Crippen LogP contribution in [0.1, 0.15) is 0 Å². The van der Waals surface area contributed by atoms with Crippen LogP contribution in [0.15, 0.2) is 12.3 Å². The third-order valence-electron chi connectivity index (χ3n) is 3.11. The average Bonchev–Trinajstić information content (AvgIpc) is 2.47. The van der Waals surface area contributed by atoms with E-state index in [1.54, 1.807) is 19.4 Å². The molecule has 9 nitrogen and oxygen atoms in total. The van der Waals surface area contributed by atoms with Crippen molar-refractivity contribution in [2.75, 3.05) is 44.7 Å². The van der Waals surface area contributed by atoms with Crippen LogP contribution in [0.25, 0.3) is 0 Å². The Hall–Kier alpha value is -2.42. The summed E-state index contributed by atoms with van der Waals surface area (Å²) < 4.78 is 5.07. The van der Waals surface area contributed by atoms with Crippen molar-refractivity contribution in [3.05, 3.63) is 12.3 Å². The molecule has 1 aliphatic heterocycles. The minimum Gasteiger partial charge on any atom is -0.481 e. The Balaban J connectivity index is 1.85. The Labute approximate surface area is 122 Å². The summed E-state index contributed by atoms with van der Waals surface area (Å²) >= 11 is 0. The van der Waals surface area contributed by atoms with E-state index in [9.17, 15) is 9.59 Å². The number of methoxy groups -OCH3 is 1. The molecule has 0 radical (unpaired) electrons. The van der Waals surface area contributed by atoms with Crippen LogP contribution >= 0.6 is 0 Å². The van der Waals surface area contributed by atoms with Gasteiger partial charge in [-0.25, -0.2) is 9.78 Å². The van der Waals surface area contributed by atoms with Gasteiger partial charge in [-0.05, 0) is 0 Å². The third kappa shape index (κ3) is 4.28. The van der Waals surface area contributed by atoms with Gasteiger partial charge in [0.1, 0.15) is 0 Å². The summed E-state index contributed by atoms with van der Waals surface area (Å²) in [7, 11) is 1.56. The molecule has 1 aliphatic rings. The van der Waals surface area contributed by atoms with E-state index < -0.39 is 11.9 Å². The molecule has 0 spiro atoms. The molecule has 3 amide bonds. The number of carbonyl (C=O) groups excluding carboxylic acids is 2. The maximum atomic E-state index is 11.4. The van der Waals surface area contributed by atoms with E-state index in [4.69, 9.17) is 10.5 Å². The number of urea groups is 1. The molecule has 1 saturated heterocycles. The Morgan fingerprint density at radius 2 is 2.10 bits per heavy atom. The van der Waals surface area contributed by atoms with Crippen LogP contribution in [0.4, 0.5) is 10.7 Å². The highest BCUT2D eigenvalue weighted by Gasteiger charge is 2.21. The Morgan fingerprint density at radius 1 is 1.38 bits per heavy atom. The average molecular weight is 294 g/mol. The zero-order chi connectivity index (χ0) is 15.2. The number of imide groups is 1. The first-order chi connectivity index (χ1) is 10.1. The van der Waals surface area contributed by atoms with Crippen molar-refractivity contribution in [1.82, 2.24) is 20.2 Å². The molecule has 9 heteroatoms. The van der Waals surface area contributed by atoms with E-state index in [0.717, 1.165) is 0 Å². The molecule has 0 aliphatic carbocycles. The summed E-state index contributed by atoms with van der Waals surface area (Å²) in [6, 6.07) is 0.858. The standard InChI is InChI=1S/C12H18N6O3/c1-21-10-2-3-14-12(16-10)18-6-4-17(5-7-18)8-9(19)15-11(13)20/h2-3H,4-8H2,1H3,(H3,13,15,19,20). The number of anilines is 1. The smallest absolute Gasteiger partial charge is 0.318 e. The fourth-order valence-corrected chi connectivity index (χ4v) is 2.08. The van der Waals surface area contributed by atoms with E-state index in [1.807, 2.05) is 9.80 Å². The van der Waals surface area contributed by atoms with Crippen molar-refractivity contribution in [2.24, 2.45) is 5.73 Å². The van der Waals surface area contributed by atoms with Gasteiger partial charge in [-0.15, -0.1) is 0 Å². The van der Waals surface area contributed by atoms with Gasteiger partial charge < -0.3 is 15.4 Å². The predicted octanol–water partition coefficient (Wildman–Crippen LogP) is -1.20. The number of amides is 3. The van der Waals surface area contributed by atoms with Gasteiger partial charge in [0.25, 0.3) is 0 Å². The number of carbonyl (C=O) groups is 2. The van der Waals surface area contributed by atoms with Crippen molar-refractivity contribution in [3.63, 3.8) is 0 Å². The molecule has 0 saturated carbocycles. The van der Waals surface area contributed by atoms with Gasteiger partial charge in [0, 0.05) is 38.4 Å². The monoisotopic (exact) mass is 294 g/mol. The van der Waals surface area contributed by atoms with Crippen molar-refractivity contribution in [1.29, 1.82) is 0 Å². The van der Waals surface area contributed by atoms with Gasteiger partial charge in [0.15, 0.2) is 0 Å². The van der Waals surface area contributed by atoms with E-state index in [-0.39, 0.29) is 6.54 Å². The summed E-state index contributed by atoms with van der Waals surface area (Å²) in [5.41, 5.74) is 4.90. The fraction of sp³-hybridized carbons (Fsp3) is 0.500. The molecule has 0 aromatic carbocycles. The Morgan fingerprint density at radius 3 is 2.71 bits per heavy atom. The van der Waals surface area contributed by atoms with E-state index in [0.29, 0.717) is 38.0 Å². The van der Waals surface area contributed by atoms with Crippen molar-refractivity contribution < 1.29 is 14.3 Å². The van der Waals surface area contributed by atoms with Crippen LogP contribution in [0.3, 0.4) is 0 Å². The molecule has 114 valence electrons. The van der Waals surface area contributed by atoms with Gasteiger partial charge in [0.05, 0.1) is 13.7 Å². The second-order valence-electron chi connectivity index (χ2n) is 4.57. The molecule has 1 fully saturated rings. The largest absolute Gasteiger partial charge is 0.481 e. The van der Waals surface area contributed by atoms with E-state index in [1.165, 1.54) is 0 Å². The SMILES string of the molecule is COc1ccnc(N2CCN(CC(=O)NC(N)=O)CC2)n1. The number of rotatable bonds is 4. The van der Waals surface area contributed by atoms with Crippen LogP contribution in [-0.4, -0.2) is 66.6 Å². The van der Waals surface area contributed by atoms with Gasteiger partial charge in [-0.1, -0.05) is 0 Å². The molecule has 1 aromatic heterocycles. The quantitative estimate of drug-likeness (QED) is 0.717. The van der Waals surface area contributed by atoms with Gasteiger partial charge >= 0.3 is 6.03 Å². The number of primary amides is 1. The number of nitrogens with one attached hydrogen (secondary N) is 1. The van der Waals surface area contributed by atoms with Crippen LogP contribution in [-0.2, 0) is 4.79 Å². The molecule has 2 heterocycles. The van der Waals surface area contributed by atoms with Gasteiger partial charge in [0.2, 0.25) is 17.7 Å². The highest BCUT2D eigenvalue weighted by Crippen LogP contribution is 2.14. The highest BCUT2D eigenvalue weighted by atomic mass is 16.5. The minimum atomic E-state index is -0.830. The minimum absolute atomic E-state index is 0.149. The second-order valence-corrected chi connectivity index (χ2v) is 4.57. The lowest BCUT2D eigenvalue weighted by atomic mass is 10.3. The summed E-state index contributed by atoms with van der Waals surface area (Å²) in [5, 5.41) is 2.05. The summed E-state index contributed by atoms with van der Waals surface area (Å²) in [6.45, 7) is 2.88. The topological polar surface area (TPSA) is 114 Å². The van der Waals surface area contributed by atoms with E-state index in [2.05, 4.69) is 15.3 Å². The van der Waals surface area contributed by atoms with Crippen molar-refractivity contribution in [2.45, 2.75) is 0 Å². The fourth-order valence-electron chi connectivity index (χ4n) is 2.08. The maximum absolute atomic E-state index is 11.4. The third-order valence-corrected chi connectivity index (χ3v) is 3.11. The number of aromatic nitrogens is 2. The van der Waals surface area contributed by atoms with E-state index >= 15 is 0 Å². The number of nitrogens with two attached hydrogens (primary N) is 1. The lowest BCUT2D eigenvalue weighted by molar-refractivity contribution is -0.121. The van der Waals surface area contributed by atoms with Crippen LogP contribution in [0.5, 0.6) is 5.88 Å². The van der Waals surface area contributed by atoms with Gasteiger partial charge in [-0.3, -0.25) is 15.0 Å². The zero-order valence-corrected chi connectivity index (χ0v) is 11.8. The molecule has 0 bridgehead atoms. The second kappa shape index (κ2) is 6.84. The normalized spacial score (nSPS) is 15.6. The molecule has 0 atom stereocenters. The number of nitrogens with zero attached hydrogens (tertiary/aromatic N) is 4. The predicted molar refractivity (Wildman–Crippen MR) is 75.0 cm³/mol. The molecular formula is C12H18N6O3. The van der Waals surface area contributed by atoms with Crippen LogP contribution in [0.2, 0.25) is 0 Å². The first-order valence-corrected chi connectivity index (χ1v) is 6.52. The number of hydrogen-bond acceptors (Lipinski definition) is 7. The molecular weight excluding hydrogens is 276 g/mol. The Bertz CT molecular complexity index is 515. The van der Waals surface area contributed by atoms with Crippen molar-refractivity contribution in [3.8, 4) is 5.88 Å². The highest BCUT2D eigenvalue weighted by molar-refractivity contribution is 5.94. The summed E-state index contributed by atoms with van der Waals surface area (Å²) in [5.74, 6) is 0.729. The number of hydrogen-bond donors (Lipinski definition) is 2. The lowest BCUT2D eigenvalue weighted by Gasteiger charge is -2.34. The molecule has 1 aromatic rings. The number of ether oxygens (including phenoxy) is 1. The molecule has 2 rings (SSSR count). The lowest BCUT2D eigenvalue weighted by Crippen LogP contribution is -2.51. The summed E-state index contributed by atoms with van der Waals surface area (Å²) in [4.78, 5) is 34.5. The zero-order valence-electron chi connectivity index (χ0n) is 11.8. The maximum Gasteiger partial charge on any atom is 0.318 e. The first kappa shape index (κ1) is 15.0. The summed E-state index contributed by atoms with van der Waals surface area (Å²) in [6.07, 6.45) is 1.65. The van der Waals surface area contributed by atoms with Crippen LogP contribution < -0.4 is 20.7 Å². The van der Waals surface area contributed by atoms with Crippen molar-refractivity contribution >= 4 is 17.9 Å².